The van der Waals surface area contributed by atoms with Crippen molar-refractivity contribution in [2.75, 3.05) is 43.6 Å². The van der Waals surface area contributed by atoms with Crippen LogP contribution in [-0.4, -0.2) is 124 Å². The number of rotatable bonds is 20. The van der Waals surface area contributed by atoms with Crippen molar-refractivity contribution < 1.29 is 70.7 Å². The average molecular weight is 1150 g/mol. The minimum atomic E-state index is -4.72. The van der Waals surface area contributed by atoms with E-state index in [1.54, 1.807) is 0 Å². The van der Waals surface area contributed by atoms with E-state index in [0.29, 0.717) is 0 Å². The maximum absolute atomic E-state index is 14.1. The molecule has 4 aromatic rings. The standard InChI is InChI=1S/C37H50N11O20P3S3/c1-17-12-48(37(55)44-33(17)51)32-11-21(68-69(56,72)59-14-23-18(50)8-29(63-23)45-5-2-26(38)41-34(45)52)25(65-32)16-61-71(58,74)67-20-10-31(47-7-4-28(40)43-36(47)54)64-24(20)15-60-70(57,73)66-19-9-30(62-22(19)13-49)46-6-3-27(39)42-35(46)53/h2-7,12,18-25,29-32,49-50H,8-11,13-16H2,1H3,(H,56,72)(H,57,73)(H,58,74)(H2,38,41,52)(H2,39,42,53)(H2,40,43,54)(H,44,51,55)/p-3/t18-,19-,20-,21-,22-,23-,24-,25-,29-,30-,31-,32-,69?,70?,71?/m1/s1. The lowest BCUT2D eigenvalue weighted by molar-refractivity contribution is -0.216. The van der Waals surface area contributed by atoms with Gasteiger partial charge in [-0.3, -0.25) is 32.6 Å². The monoisotopic (exact) mass is 1150 g/mol. The molecule has 74 heavy (non-hydrogen) atoms. The van der Waals surface area contributed by atoms with Crippen LogP contribution in [0.3, 0.4) is 0 Å². The van der Waals surface area contributed by atoms with Gasteiger partial charge in [-0.1, -0.05) is 23.6 Å². The zero-order valence-electron chi connectivity index (χ0n) is 38.3. The minimum Gasteiger partial charge on any atom is -0.780 e. The van der Waals surface area contributed by atoms with Crippen LogP contribution in [0.4, 0.5) is 17.5 Å². The number of hydrogen-bond acceptors (Lipinski definition) is 29. The molecule has 3 unspecified atom stereocenters. The number of nitrogens with two attached hydrogens (primary N) is 3. The van der Waals surface area contributed by atoms with Gasteiger partial charge >= 0.3 is 22.8 Å². The minimum absolute atomic E-state index is 0.0339. The third kappa shape index (κ3) is 13.6. The van der Waals surface area contributed by atoms with Crippen LogP contribution in [0.25, 0.3) is 0 Å². The van der Waals surface area contributed by atoms with E-state index in [2.05, 4.69) is 19.9 Å². The number of hydrogen-bond donors (Lipinski definition) is 6. The molecule has 0 saturated carbocycles. The highest BCUT2D eigenvalue weighted by atomic mass is 32.7. The van der Waals surface area contributed by atoms with E-state index in [-0.39, 0.29) is 48.7 Å². The smallest absolute Gasteiger partial charge is 0.351 e. The first kappa shape index (κ1) is 56.2. The quantitative estimate of drug-likeness (QED) is 0.0377. The molecule has 0 aromatic carbocycles. The SMILES string of the molecule is Cc1cn([C@H]2C[C@@H](OP([O-])(=S)OC[C@H]3O[C@@H](n4ccc(N)nc4=O)C[C@H]3O)[C@@H](COP(=O)([S-])O[C@@H]3C[C@H](n4ccc(N)nc4=O)O[C@@H]3COP([O-])(=S)O[C@@H]3C[C@H](n4ccc(N)nc4=O)O[C@@H]3CO)O2)c(=O)[nH]c1=O. The Morgan fingerprint density at radius 3 is 1.54 bits per heavy atom. The van der Waals surface area contributed by atoms with E-state index < -0.39 is 149 Å². The van der Waals surface area contributed by atoms with Crippen molar-refractivity contribution >= 4 is 73.6 Å². The molecule has 4 saturated heterocycles. The zero-order chi connectivity index (χ0) is 53.4. The molecular formula is C37H47N11O20P3S3-3. The van der Waals surface area contributed by atoms with E-state index in [1.807, 2.05) is 0 Å². The molecule has 0 aliphatic carbocycles. The second-order valence-corrected chi connectivity index (χ2v) is 25.1. The van der Waals surface area contributed by atoms with Crippen LogP contribution >= 0.6 is 20.2 Å². The van der Waals surface area contributed by atoms with Gasteiger partial charge in [-0.15, -0.1) is 0 Å². The molecule has 4 aliphatic rings. The van der Waals surface area contributed by atoms with E-state index in [4.69, 9.17) is 99.2 Å². The predicted octanol–water partition coefficient (Wildman–Crippen LogP) is -3.10. The first-order valence-corrected chi connectivity index (χ1v) is 29.7. The fraction of sp³-hybridized carbons (Fsp3) is 0.568. The van der Waals surface area contributed by atoms with Crippen LogP contribution in [0.15, 0.2) is 67.0 Å². The second kappa shape index (κ2) is 22.9. The van der Waals surface area contributed by atoms with Crippen LogP contribution in [0.1, 0.15) is 56.2 Å². The summed E-state index contributed by atoms with van der Waals surface area (Å²) in [5, 5.41) is 20.7. The van der Waals surface area contributed by atoms with Gasteiger partial charge < -0.3 is 95.5 Å². The van der Waals surface area contributed by atoms with E-state index in [1.165, 1.54) is 49.9 Å². The molecule has 0 spiro atoms. The summed E-state index contributed by atoms with van der Waals surface area (Å²) in [7, 11) is 0. The summed E-state index contributed by atoms with van der Waals surface area (Å²) in [5.74, 6) is -0.189. The zero-order valence-corrected chi connectivity index (χ0v) is 43.4. The first-order valence-electron chi connectivity index (χ1n) is 22.0. The van der Waals surface area contributed by atoms with Gasteiger partial charge in [0.05, 0.1) is 50.8 Å². The molecule has 31 nitrogen and oxygen atoms in total. The molecular weight excluding hydrogens is 1110 g/mol. The van der Waals surface area contributed by atoms with E-state index in [9.17, 15) is 48.5 Å². The van der Waals surface area contributed by atoms with Gasteiger partial charge in [0, 0.05) is 56.0 Å². The maximum atomic E-state index is 14.1. The first-order chi connectivity index (χ1) is 34.9. The number of aliphatic hydroxyl groups excluding tert-OH is 2. The third-order valence-corrected chi connectivity index (χ3v) is 16.6. The second-order valence-electron chi connectivity index (χ2n) is 17.0. The molecule has 8 heterocycles. The van der Waals surface area contributed by atoms with Crippen LogP contribution in [-0.2, 0) is 86.5 Å². The molecule has 406 valence electrons. The number of ether oxygens (including phenoxy) is 4. The number of aliphatic hydroxyl groups is 2. The molecule has 0 bridgehead atoms. The summed E-state index contributed by atoms with van der Waals surface area (Å²) in [5.41, 5.74) is 13.0. The molecule has 0 radical (unpaired) electrons. The molecule has 8 rings (SSSR count). The van der Waals surface area contributed by atoms with Gasteiger partial charge in [-0.2, -0.15) is 15.0 Å². The Morgan fingerprint density at radius 2 is 1.07 bits per heavy atom. The molecule has 4 fully saturated rings. The fourth-order valence-corrected chi connectivity index (χ4v) is 12.6. The Labute approximate surface area is 431 Å². The van der Waals surface area contributed by atoms with Crippen LogP contribution < -0.4 is 55.3 Å². The van der Waals surface area contributed by atoms with Crippen molar-refractivity contribution in [3.8, 4) is 0 Å². The van der Waals surface area contributed by atoms with Gasteiger partial charge in [0.1, 0.15) is 80.2 Å². The highest BCUT2D eigenvalue weighted by molar-refractivity contribution is 8.32. The largest absolute Gasteiger partial charge is 0.780 e. The normalized spacial score (nSPS) is 30.5. The van der Waals surface area contributed by atoms with Crippen molar-refractivity contribution in [2.24, 2.45) is 0 Å². The number of nitrogen functional groups attached to an aromatic ring is 3. The molecule has 4 aliphatic heterocycles. The summed E-state index contributed by atoms with van der Waals surface area (Å²) in [6.07, 6.45) is -10.4. The Bertz CT molecular complexity index is 3170. The molecule has 0 amide bonds. The number of H-pyrrole nitrogens is 1. The summed E-state index contributed by atoms with van der Waals surface area (Å²) >= 11 is 15.7. The van der Waals surface area contributed by atoms with Gasteiger partial charge in [-0.25, -0.2) is 19.2 Å². The van der Waals surface area contributed by atoms with E-state index >= 15 is 0 Å². The Kier molecular flexibility index (Phi) is 17.4. The van der Waals surface area contributed by atoms with Crippen molar-refractivity contribution in [1.82, 2.24) is 38.2 Å². The Hall–Kier alpha value is -3.96. The summed E-state index contributed by atoms with van der Waals surface area (Å²) in [4.78, 5) is 103. The molecule has 15 atom stereocenters. The van der Waals surface area contributed by atoms with Gasteiger partial charge in [0.2, 0.25) is 0 Å². The number of aryl methyl sites for hydroxylation is 1. The number of aromatic amines is 1. The Morgan fingerprint density at radius 1 is 0.676 bits per heavy atom. The van der Waals surface area contributed by atoms with Crippen molar-refractivity contribution in [2.45, 2.75) is 106 Å². The van der Waals surface area contributed by atoms with Gasteiger partial charge in [0.25, 0.3) is 5.56 Å². The third-order valence-electron chi connectivity index (χ3n) is 11.9. The molecule has 37 heteroatoms. The Balaban J connectivity index is 0.949. The maximum Gasteiger partial charge on any atom is 0.351 e. The number of nitrogens with one attached hydrogen (secondary N) is 1. The number of aromatic nitrogens is 8. The molecule has 4 aromatic heterocycles. The van der Waals surface area contributed by atoms with Gasteiger partial charge in [-0.05, 0) is 25.1 Å². The van der Waals surface area contributed by atoms with Crippen LogP contribution in [0, 0.1) is 6.92 Å². The highest BCUT2D eigenvalue weighted by Crippen LogP contribution is 2.53. The number of nitrogens with zero attached hydrogens (tertiary/aromatic N) is 7. The summed E-state index contributed by atoms with van der Waals surface area (Å²) < 4.78 is 75.7. The summed E-state index contributed by atoms with van der Waals surface area (Å²) in [6.45, 7) is -15.1. The highest BCUT2D eigenvalue weighted by Gasteiger charge is 2.44. The molecule has 9 N–H and O–H groups in total. The van der Waals surface area contributed by atoms with Crippen LogP contribution in [0.5, 0.6) is 0 Å². The average Bonchev–Trinajstić information content (AvgIpc) is 4.10. The van der Waals surface area contributed by atoms with E-state index in [0.717, 1.165) is 18.3 Å². The van der Waals surface area contributed by atoms with Crippen LogP contribution in [0.2, 0.25) is 0 Å². The predicted molar refractivity (Wildman–Crippen MR) is 258 cm³/mol. The topological polar surface area (TPSA) is 434 Å². The fourth-order valence-electron chi connectivity index (χ4n) is 8.26. The lowest BCUT2D eigenvalue weighted by Gasteiger charge is -2.35. The lowest BCUT2D eigenvalue weighted by Crippen LogP contribution is -2.33. The van der Waals surface area contributed by atoms with Crippen molar-refractivity contribution in [3.05, 3.63) is 101 Å². The summed E-state index contributed by atoms with van der Waals surface area (Å²) in [6, 6.07) is 4.00. The van der Waals surface area contributed by atoms with Crippen molar-refractivity contribution in [3.63, 3.8) is 0 Å². The lowest BCUT2D eigenvalue weighted by atomic mass is 10.2. The number of anilines is 3. The van der Waals surface area contributed by atoms with Gasteiger partial charge in [0.15, 0.2) is 6.80 Å². The van der Waals surface area contributed by atoms with Crippen molar-refractivity contribution in [1.29, 1.82) is 0 Å².